The lowest BCUT2D eigenvalue weighted by molar-refractivity contribution is 0.375. The van der Waals surface area contributed by atoms with E-state index in [4.69, 9.17) is 4.52 Å². The smallest absolute Gasteiger partial charge is 0.156 e. The second-order valence-electron chi connectivity index (χ2n) is 3.19. The summed E-state index contributed by atoms with van der Waals surface area (Å²) < 4.78 is 5.36. The highest BCUT2D eigenvalue weighted by Crippen LogP contribution is 2.54. The van der Waals surface area contributed by atoms with E-state index in [2.05, 4.69) is 28.0 Å². The molecule has 0 aliphatic heterocycles. The second-order valence-corrected chi connectivity index (χ2v) is 4.71. The van der Waals surface area contributed by atoms with Crippen LogP contribution in [0.3, 0.4) is 0 Å². The van der Waals surface area contributed by atoms with Crippen LogP contribution >= 0.6 is 15.9 Å². The normalized spacial score (nSPS) is 20.3. The van der Waals surface area contributed by atoms with E-state index in [0.717, 1.165) is 11.5 Å². The van der Waals surface area contributed by atoms with Crippen molar-refractivity contribution in [3.63, 3.8) is 0 Å². The molecule has 3 heteroatoms. The summed E-state index contributed by atoms with van der Waals surface area (Å²) in [7, 11) is 0. The number of hydrogen-bond acceptors (Lipinski definition) is 2. The Balaban J connectivity index is 2.45. The van der Waals surface area contributed by atoms with E-state index in [1.54, 1.807) is 0 Å². The van der Waals surface area contributed by atoms with Gasteiger partial charge in [-0.25, -0.2) is 0 Å². The summed E-state index contributed by atoms with van der Waals surface area (Å²) in [5.74, 6) is 1.02. The van der Waals surface area contributed by atoms with Crippen LogP contribution < -0.4 is 0 Å². The van der Waals surface area contributed by atoms with Crippen molar-refractivity contribution in [2.24, 2.45) is 0 Å². The van der Waals surface area contributed by atoms with Crippen LogP contribution in [0.15, 0.2) is 4.52 Å². The van der Waals surface area contributed by atoms with Crippen LogP contribution in [0, 0.1) is 13.8 Å². The van der Waals surface area contributed by atoms with Crippen molar-refractivity contribution in [3.05, 3.63) is 17.0 Å². The van der Waals surface area contributed by atoms with Crippen LogP contribution in [0.2, 0.25) is 0 Å². The van der Waals surface area contributed by atoms with E-state index in [9.17, 15) is 0 Å². The monoisotopic (exact) mass is 215 g/mol. The lowest BCUT2D eigenvalue weighted by Gasteiger charge is -2.00. The number of aromatic nitrogens is 1. The summed E-state index contributed by atoms with van der Waals surface area (Å²) in [5.41, 5.74) is 2.20. The van der Waals surface area contributed by atoms with E-state index in [1.807, 2.05) is 6.92 Å². The first kappa shape index (κ1) is 7.35. The molecule has 1 aliphatic rings. The van der Waals surface area contributed by atoms with Crippen molar-refractivity contribution < 1.29 is 4.52 Å². The Morgan fingerprint density at radius 1 is 1.45 bits per heavy atom. The van der Waals surface area contributed by atoms with E-state index in [0.29, 0.717) is 0 Å². The van der Waals surface area contributed by atoms with Gasteiger partial charge in [-0.1, -0.05) is 21.1 Å². The van der Waals surface area contributed by atoms with Gasteiger partial charge in [0.1, 0.15) is 0 Å². The molecule has 2 rings (SSSR count). The van der Waals surface area contributed by atoms with Crippen LogP contribution in [0.5, 0.6) is 0 Å². The first-order valence-corrected chi connectivity index (χ1v) is 4.55. The standard InChI is InChI=1S/C8H10BrNO/c1-5-6(2)10-11-7(5)8(9)3-4-8/h3-4H2,1-2H3. The summed E-state index contributed by atoms with van der Waals surface area (Å²) in [5, 5.41) is 3.92. The molecule has 1 aromatic rings. The molecule has 1 saturated carbocycles. The Morgan fingerprint density at radius 2 is 2.09 bits per heavy atom. The van der Waals surface area contributed by atoms with E-state index in [1.165, 1.54) is 18.4 Å². The van der Waals surface area contributed by atoms with Crippen molar-refractivity contribution in [1.29, 1.82) is 0 Å². The molecule has 0 atom stereocenters. The first-order chi connectivity index (χ1) is 5.13. The molecular weight excluding hydrogens is 206 g/mol. The maximum atomic E-state index is 5.23. The van der Waals surface area contributed by atoms with Crippen LogP contribution in [0.25, 0.3) is 0 Å². The molecular formula is C8H10BrNO. The van der Waals surface area contributed by atoms with Crippen LogP contribution in [-0.4, -0.2) is 5.16 Å². The van der Waals surface area contributed by atoms with Gasteiger partial charge in [0, 0.05) is 5.56 Å². The summed E-state index contributed by atoms with van der Waals surface area (Å²) in [6, 6.07) is 0. The minimum absolute atomic E-state index is 0.137. The van der Waals surface area contributed by atoms with E-state index >= 15 is 0 Å². The highest BCUT2D eigenvalue weighted by Gasteiger charge is 2.46. The predicted molar refractivity (Wildman–Crippen MR) is 45.8 cm³/mol. The zero-order valence-corrected chi connectivity index (χ0v) is 8.23. The SMILES string of the molecule is Cc1noc(C2(Br)CC2)c1C. The van der Waals surface area contributed by atoms with Gasteiger partial charge in [-0.05, 0) is 26.7 Å². The van der Waals surface area contributed by atoms with Gasteiger partial charge in [-0.15, -0.1) is 0 Å². The molecule has 0 saturated heterocycles. The first-order valence-electron chi connectivity index (χ1n) is 3.76. The molecule has 0 bridgehead atoms. The molecule has 1 aliphatic carbocycles. The average molecular weight is 216 g/mol. The van der Waals surface area contributed by atoms with Gasteiger partial charge in [0.05, 0.1) is 10.0 Å². The summed E-state index contributed by atoms with van der Waals surface area (Å²) in [6.45, 7) is 4.03. The molecule has 2 nitrogen and oxygen atoms in total. The molecule has 1 aromatic heterocycles. The molecule has 11 heavy (non-hydrogen) atoms. The highest BCUT2D eigenvalue weighted by atomic mass is 79.9. The van der Waals surface area contributed by atoms with Crippen LogP contribution in [-0.2, 0) is 4.32 Å². The minimum Gasteiger partial charge on any atom is -0.359 e. The predicted octanol–water partition coefficient (Wildman–Crippen LogP) is 2.68. The van der Waals surface area contributed by atoms with Gasteiger partial charge in [-0.2, -0.15) is 0 Å². The molecule has 0 radical (unpaired) electrons. The summed E-state index contributed by atoms with van der Waals surface area (Å²) >= 11 is 3.63. The summed E-state index contributed by atoms with van der Waals surface area (Å²) in [4.78, 5) is 0. The molecule has 0 spiro atoms. The topological polar surface area (TPSA) is 26.0 Å². The third-order valence-electron chi connectivity index (χ3n) is 2.25. The fourth-order valence-corrected chi connectivity index (χ4v) is 1.74. The van der Waals surface area contributed by atoms with Crippen molar-refractivity contribution in [1.82, 2.24) is 5.16 Å². The fourth-order valence-electron chi connectivity index (χ4n) is 1.17. The Kier molecular flexibility index (Phi) is 1.40. The maximum absolute atomic E-state index is 5.23. The van der Waals surface area contributed by atoms with Crippen LogP contribution in [0.4, 0.5) is 0 Å². The largest absolute Gasteiger partial charge is 0.359 e. The average Bonchev–Trinajstić information content (AvgIpc) is 2.60. The van der Waals surface area contributed by atoms with Gasteiger partial charge in [0.25, 0.3) is 0 Å². The number of halogens is 1. The number of hydrogen-bond donors (Lipinski definition) is 0. The van der Waals surface area contributed by atoms with Gasteiger partial charge in [-0.3, -0.25) is 0 Å². The zero-order valence-electron chi connectivity index (χ0n) is 6.65. The van der Waals surface area contributed by atoms with Crippen molar-refractivity contribution >= 4 is 15.9 Å². The fraction of sp³-hybridized carbons (Fsp3) is 0.625. The van der Waals surface area contributed by atoms with Crippen molar-refractivity contribution in [2.75, 3.05) is 0 Å². The third-order valence-corrected chi connectivity index (χ3v) is 3.41. The lowest BCUT2D eigenvalue weighted by atomic mass is 10.2. The number of aryl methyl sites for hydroxylation is 1. The summed E-state index contributed by atoms with van der Waals surface area (Å²) in [6.07, 6.45) is 2.34. The zero-order chi connectivity index (χ0) is 8.06. The molecule has 60 valence electrons. The number of nitrogens with zero attached hydrogens (tertiary/aromatic N) is 1. The lowest BCUT2D eigenvalue weighted by Crippen LogP contribution is -1.94. The van der Waals surface area contributed by atoms with Gasteiger partial charge in [0.15, 0.2) is 5.76 Å². The molecule has 1 heterocycles. The number of rotatable bonds is 1. The van der Waals surface area contributed by atoms with E-state index < -0.39 is 0 Å². The molecule has 0 unspecified atom stereocenters. The van der Waals surface area contributed by atoms with Crippen LogP contribution in [0.1, 0.15) is 29.9 Å². The van der Waals surface area contributed by atoms with Crippen molar-refractivity contribution in [3.8, 4) is 0 Å². The molecule has 0 N–H and O–H groups in total. The molecule has 0 aromatic carbocycles. The van der Waals surface area contributed by atoms with E-state index in [-0.39, 0.29) is 4.32 Å². The van der Waals surface area contributed by atoms with Crippen molar-refractivity contribution in [2.45, 2.75) is 31.0 Å². The molecule has 1 fully saturated rings. The Bertz CT molecular complexity index is 288. The minimum atomic E-state index is 0.137. The third kappa shape index (κ3) is 1.02. The Morgan fingerprint density at radius 3 is 2.45 bits per heavy atom. The second kappa shape index (κ2) is 2.09. The Labute approximate surface area is 74.1 Å². The van der Waals surface area contributed by atoms with Gasteiger partial charge in [0.2, 0.25) is 0 Å². The van der Waals surface area contributed by atoms with Gasteiger partial charge < -0.3 is 4.52 Å². The molecule has 0 amide bonds. The maximum Gasteiger partial charge on any atom is 0.156 e. The Hall–Kier alpha value is -0.310. The highest BCUT2D eigenvalue weighted by molar-refractivity contribution is 9.09. The van der Waals surface area contributed by atoms with Gasteiger partial charge >= 0.3 is 0 Å². The quantitative estimate of drug-likeness (QED) is 0.674. The number of alkyl halides is 1.